The van der Waals surface area contributed by atoms with E-state index in [2.05, 4.69) is 186 Å². The fourth-order valence-electron chi connectivity index (χ4n) is 9.51. The number of allylic oxidation sites excluding steroid dienone is 35. The molecule has 0 aromatic rings. The number of carbonyl (C=O) groups is 4. The first-order valence-corrected chi connectivity index (χ1v) is 43.0. The van der Waals surface area contributed by atoms with E-state index < -0.39 is 97.5 Å². The van der Waals surface area contributed by atoms with Gasteiger partial charge in [-0.3, -0.25) is 37.3 Å². The van der Waals surface area contributed by atoms with Crippen LogP contribution in [0.2, 0.25) is 0 Å². The molecule has 0 aliphatic carbocycles. The first-order chi connectivity index (χ1) is 52.7. The average Bonchev–Trinajstić information content (AvgIpc) is 0.896. The Morgan fingerprint density at radius 3 is 0.880 bits per heavy atom. The highest BCUT2D eigenvalue weighted by molar-refractivity contribution is 7.47. The summed E-state index contributed by atoms with van der Waals surface area (Å²) >= 11 is 0. The molecule has 0 heterocycles. The molecule has 108 heavy (non-hydrogen) atoms. The van der Waals surface area contributed by atoms with Gasteiger partial charge in [-0.15, -0.1) is 0 Å². The first kappa shape index (κ1) is 101. The molecule has 0 saturated heterocycles. The second-order valence-corrected chi connectivity index (χ2v) is 28.4. The molecule has 0 amide bonds. The molecular weight excluding hydrogens is 1400 g/mol. The highest BCUT2D eigenvalue weighted by Gasteiger charge is 2.30. The Labute approximate surface area is 651 Å². The second-order valence-electron chi connectivity index (χ2n) is 25.5. The molecule has 0 aromatic carbocycles. The molecule has 0 bridgehead atoms. The minimum Gasteiger partial charge on any atom is -0.462 e. The number of hydrogen-bond donors (Lipinski definition) is 3. The minimum absolute atomic E-state index is 0.00840. The van der Waals surface area contributed by atoms with Gasteiger partial charge in [0.2, 0.25) is 0 Å². The van der Waals surface area contributed by atoms with E-state index in [1.807, 2.05) is 54.7 Å². The molecule has 0 aliphatic rings. The number of aliphatic hydroxyl groups is 1. The Morgan fingerprint density at radius 2 is 0.537 bits per heavy atom. The summed E-state index contributed by atoms with van der Waals surface area (Å²) in [6, 6.07) is 0. The van der Waals surface area contributed by atoms with Crippen LogP contribution in [0, 0.1) is 0 Å². The quantitative estimate of drug-likeness (QED) is 0.0169. The minimum atomic E-state index is -5.03. The molecule has 0 radical (unpaired) electrons. The maximum Gasteiger partial charge on any atom is 0.472 e. The molecule has 3 N–H and O–H groups in total. The van der Waals surface area contributed by atoms with E-state index in [4.69, 9.17) is 37.0 Å². The molecule has 0 saturated carbocycles. The third kappa shape index (κ3) is 77.5. The highest BCUT2D eigenvalue weighted by Crippen LogP contribution is 2.45. The lowest BCUT2D eigenvalue weighted by Crippen LogP contribution is -2.30. The molecule has 0 fully saturated rings. The van der Waals surface area contributed by atoms with Gasteiger partial charge in [-0.05, 0) is 154 Å². The normalized spacial score (nSPS) is 15.0. The topological polar surface area (TPSA) is 237 Å². The largest absolute Gasteiger partial charge is 0.472 e. The number of hydrogen-bond acceptors (Lipinski definition) is 15. The SMILES string of the molecule is CC/C=C\C/C=C\C/C=C\C/C=C\C/C=C\C/C=C\CCC(=O)OCC(COP(=O)(O)OCC(O)COP(=O)(O)OCC(COC(=O)C/C=C\C/C=C\C/C=C\C/C=C\C/C=C\CC)OC(=O)CCCCCCC/C=C\CCCCCCCC)OC(=O)CC/C=C\C/C=C\C/C=C\C/C=C\C/C=C\C/C=C\CC. The molecule has 0 spiro atoms. The fraction of sp³-hybridized carbons (Fsp3) is 0.551. The van der Waals surface area contributed by atoms with Crippen LogP contribution in [0.4, 0.5) is 0 Å². The number of phosphoric ester groups is 2. The van der Waals surface area contributed by atoms with Gasteiger partial charge in [-0.25, -0.2) is 9.13 Å². The van der Waals surface area contributed by atoms with E-state index in [1.54, 1.807) is 6.08 Å². The van der Waals surface area contributed by atoms with Crippen LogP contribution in [0.25, 0.3) is 0 Å². The van der Waals surface area contributed by atoms with Crippen molar-refractivity contribution in [1.82, 2.24) is 0 Å². The molecule has 0 rings (SSSR count). The zero-order valence-electron chi connectivity index (χ0n) is 66.2. The smallest absolute Gasteiger partial charge is 0.462 e. The average molecular weight is 1540 g/mol. The highest BCUT2D eigenvalue weighted by atomic mass is 31.2. The van der Waals surface area contributed by atoms with Gasteiger partial charge in [0.25, 0.3) is 0 Å². The number of carbonyl (C=O) groups excluding carboxylic acids is 4. The monoisotopic (exact) mass is 1540 g/mol. The first-order valence-electron chi connectivity index (χ1n) is 40.0. The lowest BCUT2D eigenvalue weighted by molar-refractivity contribution is -0.161. The number of ether oxygens (including phenoxy) is 4. The summed E-state index contributed by atoms with van der Waals surface area (Å²) in [5.74, 6) is -2.56. The van der Waals surface area contributed by atoms with Crippen LogP contribution in [0.3, 0.4) is 0 Å². The van der Waals surface area contributed by atoms with Crippen molar-refractivity contribution in [3.8, 4) is 0 Å². The van der Waals surface area contributed by atoms with Crippen LogP contribution in [-0.4, -0.2) is 96.7 Å². The van der Waals surface area contributed by atoms with Crippen LogP contribution in [-0.2, 0) is 65.4 Å². The van der Waals surface area contributed by atoms with Crippen LogP contribution in [0.5, 0.6) is 0 Å². The molecule has 19 heteroatoms. The summed E-state index contributed by atoms with van der Waals surface area (Å²) in [6.07, 6.45) is 99.8. The Hall–Kier alpha value is -6.62. The van der Waals surface area contributed by atoms with Crippen LogP contribution < -0.4 is 0 Å². The van der Waals surface area contributed by atoms with Gasteiger partial charge in [0.15, 0.2) is 12.2 Å². The van der Waals surface area contributed by atoms with Crippen molar-refractivity contribution in [2.45, 2.75) is 277 Å². The zero-order valence-corrected chi connectivity index (χ0v) is 68.0. The fourth-order valence-corrected chi connectivity index (χ4v) is 11.1. The number of phosphoric acid groups is 2. The van der Waals surface area contributed by atoms with Gasteiger partial charge >= 0.3 is 39.5 Å². The summed E-state index contributed by atoms with van der Waals surface area (Å²) in [5.41, 5.74) is 0. The molecular formula is C89H138O17P2. The van der Waals surface area contributed by atoms with Crippen molar-refractivity contribution in [1.29, 1.82) is 0 Å². The summed E-state index contributed by atoms with van der Waals surface area (Å²) in [5, 5.41) is 10.6. The molecule has 606 valence electrons. The molecule has 5 atom stereocenters. The van der Waals surface area contributed by atoms with Gasteiger partial charge in [-0.2, -0.15) is 0 Å². The van der Waals surface area contributed by atoms with Crippen molar-refractivity contribution in [3.63, 3.8) is 0 Å². The Morgan fingerprint density at radius 1 is 0.278 bits per heavy atom. The van der Waals surface area contributed by atoms with E-state index >= 15 is 0 Å². The summed E-state index contributed by atoms with van der Waals surface area (Å²) in [4.78, 5) is 72.9. The van der Waals surface area contributed by atoms with E-state index in [0.29, 0.717) is 38.5 Å². The van der Waals surface area contributed by atoms with Crippen molar-refractivity contribution < 1.29 is 80.2 Å². The molecule has 5 unspecified atom stereocenters. The van der Waals surface area contributed by atoms with E-state index in [-0.39, 0.29) is 25.7 Å². The van der Waals surface area contributed by atoms with E-state index in [1.165, 1.54) is 38.5 Å². The zero-order chi connectivity index (χ0) is 78.9. The Kier molecular flexibility index (Phi) is 73.7. The maximum atomic E-state index is 13.1. The third-order valence-electron chi connectivity index (χ3n) is 15.5. The lowest BCUT2D eigenvalue weighted by atomic mass is 10.1. The maximum absolute atomic E-state index is 13.1. The standard InChI is InChI=1S/C89H138O17P2/c1-5-9-13-17-21-25-29-33-37-39-41-43-47-50-54-58-62-66-70-74-87(92)100-80-85(106-89(94)76-72-68-64-60-56-52-48-44-42-40-38-34-30-26-22-18-14-10-6-2)82-104-108(97,98)102-78-83(90)77-101-107(95,96)103-81-84(105-88(93)75-71-67-63-59-55-51-46-36-32-28-24-20-16-12-8-4)79-99-86(91)73-69-65-61-57-53-49-45-35-31-27-23-19-15-11-7-3/h9-11,13-15,21-23,25-27,33-38,41-46,50,52-54,56-57,62,64-66,68-69,83-85,90H,5-8,12,16-20,24,28-32,39-40,47-49,51,55,58-61,63,67,70-82H2,1-4H3,(H,95,96)(H,97,98)/b13-9-,14-10-,15-11-,25-21-,26-22-,27-23-,37-33-,38-34-,43-41-,44-42-,45-35-,46-36-,54-50-,56-52-,57-53-,66-62-,68-64-,69-65-. The van der Waals surface area contributed by atoms with Crippen molar-refractivity contribution >= 4 is 39.5 Å². The van der Waals surface area contributed by atoms with Gasteiger partial charge in [0.05, 0.1) is 32.8 Å². The Balaban J connectivity index is 5.61. The van der Waals surface area contributed by atoms with Crippen LogP contribution in [0.15, 0.2) is 219 Å². The second kappa shape index (κ2) is 78.5. The lowest BCUT2D eigenvalue weighted by Gasteiger charge is -2.21. The predicted octanol–water partition coefficient (Wildman–Crippen LogP) is 23.7. The van der Waals surface area contributed by atoms with Gasteiger partial charge < -0.3 is 33.8 Å². The summed E-state index contributed by atoms with van der Waals surface area (Å²) < 4.78 is 68.3. The van der Waals surface area contributed by atoms with Gasteiger partial charge in [-0.1, -0.05) is 298 Å². The molecule has 17 nitrogen and oxygen atoms in total. The summed E-state index contributed by atoms with van der Waals surface area (Å²) in [6.45, 7) is 4.19. The van der Waals surface area contributed by atoms with Crippen molar-refractivity contribution in [3.05, 3.63) is 219 Å². The van der Waals surface area contributed by atoms with E-state index in [9.17, 15) is 43.2 Å². The number of esters is 4. The number of aliphatic hydroxyl groups excluding tert-OH is 1. The van der Waals surface area contributed by atoms with Gasteiger partial charge in [0, 0.05) is 19.3 Å². The molecule has 0 aromatic heterocycles. The van der Waals surface area contributed by atoms with E-state index in [0.717, 1.165) is 128 Å². The van der Waals surface area contributed by atoms with Crippen molar-refractivity contribution in [2.75, 3.05) is 39.6 Å². The Bertz CT molecular complexity index is 2910. The molecule has 0 aliphatic heterocycles. The van der Waals surface area contributed by atoms with Crippen LogP contribution >= 0.6 is 15.6 Å². The summed E-state index contributed by atoms with van der Waals surface area (Å²) in [7, 11) is -10.1. The van der Waals surface area contributed by atoms with Gasteiger partial charge in [0.1, 0.15) is 19.3 Å². The van der Waals surface area contributed by atoms with Crippen LogP contribution in [0.1, 0.15) is 259 Å². The number of rotatable bonds is 72. The third-order valence-corrected chi connectivity index (χ3v) is 17.4. The van der Waals surface area contributed by atoms with Crippen molar-refractivity contribution in [2.24, 2.45) is 0 Å². The number of unbranched alkanes of at least 4 members (excludes halogenated alkanes) is 11. The predicted molar refractivity (Wildman–Crippen MR) is 445 cm³/mol.